The molecule has 0 fully saturated rings. The molecule has 0 saturated carbocycles. The second kappa shape index (κ2) is 5.67. The van der Waals surface area contributed by atoms with Gasteiger partial charge in [-0.2, -0.15) is 13.2 Å². The lowest BCUT2D eigenvalue weighted by Gasteiger charge is -2.25. The monoisotopic (exact) mass is 334 g/mol. The van der Waals surface area contributed by atoms with Gasteiger partial charge in [-0.1, -0.05) is 36.4 Å². The molecule has 2 aromatic carbocycles. The Morgan fingerprint density at radius 2 is 1.67 bits per heavy atom. The lowest BCUT2D eigenvalue weighted by molar-refractivity contribution is -0.117. The topological polar surface area (TPSA) is 29.5 Å². The molecule has 1 atom stereocenters. The van der Waals surface area contributed by atoms with Crippen LogP contribution in [0.3, 0.4) is 0 Å². The molecule has 5 heteroatoms. The summed E-state index contributed by atoms with van der Waals surface area (Å²) in [7, 11) is 0. The fraction of sp³-hybridized carbons (Fsp3) is 0.263. The molecular weight excluding hydrogens is 317 g/mol. The summed E-state index contributed by atoms with van der Waals surface area (Å²) in [4.78, 5) is 0. The molecule has 0 saturated heterocycles. The second-order valence-electron chi connectivity index (χ2n) is 5.82. The van der Waals surface area contributed by atoms with Crippen molar-refractivity contribution in [3.8, 4) is 5.75 Å². The third-order valence-electron chi connectivity index (χ3n) is 4.20. The molecule has 24 heavy (non-hydrogen) atoms. The molecule has 0 spiro atoms. The van der Waals surface area contributed by atoms with Gasteiger partial charge < -0.3 is 9.84 Å². The van der Waals surface area contributed by atoms with Gasteiger partial charge >= 0.3 is 6.18 Å². The third-order valence-corrected chi connectivity index (χ3v) is 4.20. The highest BCUT2D eigenvalue weighted by molar-refractivity contribution is 5.90. The van der Waals surface area contributed by atoms with E-state index in [0.29, 0.717) is 23.5 Å². The van der Waals surface area contributed by atoms with Crippen LogP contribution in [0.1, 0.15) is 30.5 Å². The summed E-state index contributed by atoms with van der Waals surface area (Å²) in [5.74, 6) is 0.591. The molecule has 0 aliphatic heterocycles. The first-order chi connectivity index (χ1) is 11.3. The minimum atomic E-state index is -4.64. The lowest BCUT2D eigenvalue weighted by atomic mass is 9.91. The highest BCUT2D eigenvalue weighted by Gasteiger charge is 2.52. The molecule has 1 aliphatic rings. The summed E-state index contributed by atoms with van der Waals surface area (Å²) in [5.41, 5.74) is -1.93. The van der Waals surface area contributed by atoms with Crippen molar-refractivity contribution in [2.24, 2.45) is 0 Å². The fourth-order valence-electron chi connectivity index (χ4n) is 3.24. The number of benzene rings is 2. The Balaban J connectivity index is 2.24. The van der Waals surface area contributed by atoms with E-state index in [2.05, 4.69) is 0 Å². The number of fused-ring (bicyclic) bond motifs is 1. The lowest BCUT2D eigenvalue weighted by Crippen LogP contribution is -2.30. The maximum absolute atomic E-state index is 13.7. The van der Waals surface area contributed by atoms with E-state index < -0.39 is 17.4 Å². The third kappa shape index (κ3) is 2.59. The summed E-state index contributed by atoms with van der Waals surface area (Å²) in [6.07, 6.45) is -4.64. The minimum Gasteiger partial charge on any atom is -0.494 e. The highest BCUT2D eigenvalue weighted by atomic mass is 19.4. The number of hydrogen-bond donors (Lipinski definition) is 1. The number of ether oxygens (including phenoxy) is 1. The van der Waals surface area contributed by atoms with Gasteiger partial charge in [-0.25, -0.2) is 0 Å². The van der Waals surface area contributed by atoms with Crippen LogP contribution in [0, 0.1) is 0 Å². The van der Waals surface area contributed by atoms with Crippen molar-refractivity contribution in [2.75, 3.05) is 6.61 Å². The number of hydrogen-bond acceptors (Lipinski definition) is 2. The zero-order chi connectivity index (χ0) is 17.5. The number of rotatable bonds is 3. The Hall–Kier alpha value is -2.27. The van der Waals surface area contributed by atoms with E-state index in [1.807, 2.05) is 6.92 Å². The predicted molar refractivity (Wildman–Crippen MR) is 85.7 cm³/mol. The Labute approximate surface area is 138 Å². The van der Waals surface area contributed by atoms with Crippen LogP contribution >= 0.6 is 0 Å². The number of halogens is 3. The Morgan fingerprint density at radius 1 is 1.04 bits per heavy atom. The minimum absolute atomic E-state index is 0.0196. The van der Waals surface area contributed by atoms with E-state index in [1.165, 1.54) is 13.0 Å². The van der Waals surface area contributed by atoms with Crippen molar-refractivity contribution in [2.45, 2.75) is 25.6 Å². The van der Waals surface area contributed by atoms with Crippen LogP contribution in [0.15, 0.2) is 54.1 Å². The second-order valence-corrected chi connectivity index (χ2v) is 5.82. The van der Waals surface area contributed by atoms with E-state index in [-0.39, 0.29) is 11.1 Å². The van der Waals surface area contributed by atoms with Crippen molar-refractivity contribution in [3.05, 3.63) is 70.8 Å². The van der Waals surface area contributed by atoms with Crippen molar-refractivity contribution in [1.29, 1.82) is 0 Å². The summed E-state index contributed by atoms with van der Waals surface area (Å²) in [5, 5.41) is 10.6. The van der Waals surface area contributed by atoms with Crippen LogP contribution in [0.25, 0.3) is 5.57 Å². The van der Waals surface area contributed by atoms with Gasteiger partial charge in [-0.3, -0.25) is 0 Å². The summed E-state index contributed by atoms with van der Waals surface area (Å²) < 4.78 is 46.5. The van der Waals surface area contributed by atoms with Crippen LogP contribution in [-0.2, 0) is 5.60 Å². The van der Waals surface area contributed by atoms with Gasteiger partial charge in [0.05, 0.1) is 12.2 Å². The van der Waals surface area contributed by atoms with Crippen LogP contribution in [0.2, 0.25) is 0 Å². The van der Waals surface area contributed by atoms with E-state index in [9.17, 15) is 18.3 Å². The SMILES string of the molecule is CCOc1ccc(C2=C(C(F)(F)F)C(C)(O)c3ccccc32)cc1. The predicted octanol–water partition coefficient (Wildman–Crippen LogP) is 4.67. The molecule has 0 radical (unpaired) electrons. The molecule has 2 aromatic rings. The molecule has 1 N–H and O–H groups in total. The summed E-state index contributed by atoms with van der Waals surface area (Å²) in [6, 6.07) is 12.9. The van der Waals surface area contributed by atoms with E-state index in [1.54, 1.807) is 42.5 Å². The quantitative estimate of drug-likeness (QED) is 0.884. The van der Waals surface area contributed by atoms with Crippen LogP contribution in [0.4, 0.5) is 13.2 Å². The average Bonchev–Trinajstić information content (AvgIpc) is 2.77. The molecule has 2 nitrogen and oxygen atoms in total. The highest BCUT2D eigenvalue weighted by Crippen LogP contribution is 2.53. The Kier molecular flexibility index (Phi) is 3.92. The molecule has 0 bridgehead atoms. The van der Waals surface area contributed by atoms with Crippen LogP contribution < -0.4 is 4.74 Å². The fourth-order valence-corrected chi connectivity index (χ4v) is 3.24. The molecule has 1 unspecified atom stereocenters. The van der Waals surface area contributed by atoms with Crippen molar-refractivity contribution in [3.63, 3.8) is 0 Å². The van der Waals surface area contributed by atoms with E-state index in [0.717, 1.165) is 0 Å². The normalized spacial score (nSPS) is 20.2. The largest absolute Gasteiger partial charge is 0.494 e. The Bertz CT molecular complexity index is 787. The first kappa shape index (κ1) is 16.6. The van der Waals surface area contributed by atoms with Gasteiger partial charge in [0.25, 0.3) is 0 Å². The smallest absolute Gasteiger partial charge is 0.416 e. The maximum Gasteiger partial charge on any atom is 0.416 e. The molecule has 0 aromatic heterocycles. The van der Waals surface area contributed by atoms with Gasteiger partial charge in [0.2, 0.25) is 0 Å². The van der Waals surface area contributed by atoms with Gasteiger partial charge in [0.15, 0.2) is 0 Å². The van der Waals surface area contributed by atoms with E-state index >= 15 is 0 Å². The first-order valence-corrected chi connectivity index (χ1v) is 7.64. The van der Waals surface area contributed by atoms with Crippen molar-refractivity contribution in [1.82, 2.24) is 0 Å². The van der Waals surface area contributed by atoms with Gasteiger partial charge in [0.1, 0.15) is 11.4 Å². The van der Waals surface area contributed by atoms with Crippen molar-refractivity contribution >= 4 is 5.57 Å². The van der Waals surface area contributed by atoms with Gasteiger partial charge in [-0.05, 0) is 42.7 Å². The standard InChI is InChI=1S/C19H17F3O2/c1-3-24-13-10-8-12(9-11-13)16-14-6-4-5-7-15(14)18(2,23)17(16)19(20,21)22/h4-11,23H,3H2,1-2H3. The van der Waals surface area contributed by atoms with Crippen LogP contribution in [-0.4, -0.2) is 17.9 Å². The zero-order valence-electron chi connectivity index (χ0n) is 13.3. The summed E-state index contributed by atoms with van der Waals surface area (Å²) in [6.45, 7) is 3.51. The first-order valence-electron chi connectivity index (χ1n) is 7.64. The van der Waals surface area contributed by atoms with Gasteiger partial charge in [-0.15, -0.1) is 0 Å². The van der Waals surface area contributed by atoms with Gasteiger partial charge in [0, 0.05) is 5.57 Å². The molecule has 0 amide bonds. The zero-order valence-corrected chi connectivity index (χ0v) is 13.3. The van der Waals surface area contributed by atoms with Crippen LogP contribution in [0.5, 0.6) is 5.75 Å². The molecule has 0 heterocycles. The average molecular weight is 334 g/mol. The molecule has 1 aliphatic carbocycles. The van der Waals surface area contributed by atoms with Crippen molar-refractivity contribution < 1.29 is 23.0 Å². The summed E-state index contributed by atoms with van der Waals surface area (Å²) >= 11 is 0. The maximum atomic E-state index is 13.7. The molecule has 126 valence electrons. The number of alkyl halides is 3. The molecule has 3 rings (SSSR count). The Morgan fingerprint density at radius 3 is 2.25 bits per heavy atom. The molecular formula is C19H17F3O2. The number of aliphatic hydroxyl groups is 1. The van der Waals surface area contributed by atoms with E-state index in [4.69, 9.17) is 4.74 Å².